The van der Waals surface area contributed by atoms with E-state index in [0.717, 1.165) is 0 Å². The van der Waals surface area contributed by atoms with Gasteiger partial charge in [-0.3, -0.25) is 4.79 Å². The molecule has 2 unspecified atom stereocenters. The number of sulfonamides is 1. The summed E-state index contributed by atoms with van der Waals surface area (Å²) in [6, 6.07) is 3.51. The molecule has 0 bridgehead atoms. The number of halogens is 1. The van der Waals surface area contributed by atoms with Gasteiger partial charge in [-0.05, 0) is 34.1 Å². The Bertz CT molecular complexity index is 647. The molecule has 1 saturated heterocycles. The van der Waals surface area contributed by atoms with Crippen molar-refractivity contribution in [1.29, 1.82) is 0 Å². The summed E-state index contributed by atoms with van der Waals surface area (Å²) in [5.41, 5.74) is 0. The van der Waals surface area contributed by atoms with Crippen LogP contribution < -0.4 is 9.46 Å². The summed E-state index contributed by atoms with van der Waals surface area (Å²) in [7, 11) is -2.36. The van der Waals surface area contributed by atoms with E-state index in [1.165, 1.54) is 25.3 Å². The van der Waals surface area contributed by atoms with Crippen molar-refractivity contribution in [3.05, 3.63) is 22.7 Å². The summed E-state index contributed by atoms with van der Waals surface area (Å²) in [5, 5.41) is 9.02. The highest BCUT2D eigenvalue weighted by molar-refractivity contribution is 9.10. The molecule has 2 rings (SSSR count). The summed E-state index contributed by atoms with van der Waals surface area (Å²) < 4.78 is 37.5. The molecule has 2 N–H and O–H groups in total. The largest absolute Gasteiger partial charge is 0.496 e. The van der Waals surface area contributed by atoms with Gasteiger partial charge in [-0.1, -0.05) is 0 Å². The Morgan fingerprint density at radius 3 is 2.76 bits per heavy atom. The number of aliphatic carboxylic acids is 1. The Hall–Kier alpha value is -1.16. The van der Waals surface area contributed by atoms with Crippen LogP contribution >= 0.6 is 15.9 Å². The van der Waals surface area contributed by atoms with Crippen molar-refractivity contribution < 1.29 is 27.8 Å². The van der Waals surface area contributed by atoms with E-state index < -0.39 is 28.0 Å². The smallest absolute Gasteiger partial charge is 0.310 e. The Balaban J connectivity index is 2.22. The zero-order chi connectivity index (χ0) is 15.6. The van der Waals surface area contributed by atoms with Gasteiger partial charge in [0.05, 0.1) is 41.7 Å². The fourth-order valence-corrected chi connectivity index (χ4v) is 3.97. The van der Waals surface area contributed by atoms with Crippen LogP contribution in [0.15, 0.2) is 27.6 Å². The van der Waals surface area contributed by atoms with Crippen molar-refractivity contribution in [2.24, 2.45) is 5.92 Å². The Kier molecular flexibility index (Phi) is 4.87. The lowest BCUT2D eigenvalue weighted by Gasteiger charge is -2.16. The molecule has 0 spiro atoms. The number of ether oxygens (including phenoxy) is 2. The van der Waals surface area contributed by atoms with Crippen molar-refractivity contribution in [3.8, 4) is 5.75 Å². The highest BCUT2D eigenvalue weighted by Crippen LogP contribution is 2.28. The second-order valence-electron chi connectivity index (χ2n) is 4.51. The van der Waals surface area contributed by atoms with Crippen LogP contribution in [0.5, 0.6) is 5.75 Å². The lowest BCUT2D eigenvalue weighted by molar-refractivity contribution is -0.142. The Morgan fingerprint density at radius 2 is 2.19 bits per heavy atom. The number of nitrogens with one attached hydrogen (secondary N) is 1. The van der Waals surface area contributed by atoms with Crippen LogP contribution in [0.3, 0.4) is 0 Å². The average Bonchev–Trinajstić information content (AvgIpc) is 2.86. The molecule has 1 aromatic rings. The van der Waals surface area contributed by atoms with Gasteiger partial charge in [-0.15, -0.1) is 0 Å². The van der Waals surface area contributed by atoms with Crippen LogP contribution in [0.25, 0.3) is 0 Å². The topological polar surface area (TPSA) is 102 Å². The maximum atomic E-state index is 12.3. The first-order chi connectivity index (χ1) is 9.85. The highest BCUT2D eigenvalue weighted by Gasteiger charge is 2.37. The minimum Gasteiger partial charge on any atom is -0.496 e. The molecule has 1 fully saturated rings. The molecule has 0 saturated carbocycles. The summed E-state index contributed by atoms with van der Waals surface area (Å²) in [6.45, 7) is 0.0301. The maximum absolute atomic E-state index is 12.3. The molecule has 21 heavy (non-hydrogen) atoms. The molecular formula is C12H14BrNO6S. The third-order valence-electron chi connectivity index (χ3n) is 3.14. The number of rotatable bonds is 5. The van der Waals surface area contributed by atoms with Gasteiger partial charge >= 0.3 is 5.97 Å². The summed E-state index contributed by atoms with van der Waals surface area (Å²) in [4.78, 5) is 11.1. The van der Waals surface area contributed by atoms with E-state index >= 15 is 0 Å². The van der Waals surface area contributed by atoms with Gasteiger partial charge in [-0.2, -0.15) is 0 Å². The van der Waals surface area contributed by atoms with Gasteiger partial charge in [0, 0.05) is 0 Å². The van der Waals surface area contributed by atoms with Crippen LogP contribution in [-0.2, 0) is 19.6 Å². The van der Waals surface area contributed by atoms with E-state index in [1.807, 2.05) is 0 Å². The fraction of sp³-hybridized carbons (Fsp3) is 0.417. The molecule has 1 aliphatic rings. The van der Waals surface area contributed by atoms with Gasteiger partial charge in [0.25, 0.3) is 0 Å². The van der Waals surface area contributed by atoms with E-state index in [4.69, 9.17) is 14.6 Å². The number of hydrogen-bond donors (Lipinski definition) is 2. The molecular weight excluding hydrogens is 366 g/mol. The van der Waals surface area contributed by atoms with Gasteiger partial charge in [0.2, 0.25) is 10.0 Å². The first-order valence-electron chi connectivity index (χ1n) is 6.01. The van der Waals surface area contributed by atoms with Crippen LogP contribution in [0.4, 0.5) is 0 Å². The van der Waals surface area contributed by atoms with Crippen LogP contribution in [0.1, 0.15) is 0 Å². The Morgan fingerprint density at radius 1 is 1.48 bits per heavy atom. The number of benzene rings is 1. The van der Waals surface area contributed by atoms with E-state index in [-0.39, 0.29) is 18.1 Å². The maximum Gasteiger partial charge on any atom is 0.310 e. The molecule has 0 radical (unpaired) electrons. The zero-order valence-corrected chi connectivity index (χ0v) is 13.5. The fourth-order valence-electron chi connectivity index (χ4n) is 2.00. The van der Waals surface area contributed by atoms with Crippen molar-refractivity contribution >= 4 is 31.9 Å². The molecule has 1 heterocycles. The predicted octanol–water partition coefficient (Wildman–Crippen LogP) is 0.836. The predicted molar refractivity (Wildman–Crippen MR) is 76.7 cm³/mol. The highest BCUT2D eigenvalue weighted by atomic mass is 79.9. The lowest BCUT2D eigenvalue weighted by atomic mass is 10.1. The minimum atomic E-state index is -3.84. The SMILES string of the molecule is COc1ccc(S(=O)(=O)NC2COCC2C(=O)O)cc1Br. The molecule has 0 aliphatic carbocycles. The number of carboxylic acids is 1. The summed E-state index contributed by atoms with van der Waals surface area (Å²) in [6.07, 6.45) is 0. The molecule has 9 heteroatoms. The molecule has 1 aromatic carbocycles. The summed E-state index contributed by atoms with van der Waals surface area (Å²) in [5.74, 6) is -1.47. The Labute approximate surface area is 130 Å². The van der Waals surface area contributed by atoms with Gasteiger partial charge in [-0.25, -0.2) is 13.1 Å². The molecule has 7 nitrogen and oxygen atoms in total. The first kappa shape index (κ1) is 16.2. The normalized spacial score (nSPS) is 22.2. The van der Waals surface area contributed by atoms with E-state index in [9.17, 15) is 13.2 Å². The molecule has 116 valence electrons. The van der Waals surface area contributed by atoms with Crippen molar-refractivity contribution in [3.63, 3.8) is 0 Å². The lowest BCUT2D eigenvalue weighted by Crippen LogP contribution is -2.42. The van der Waals surface area contributed by atoms with Crippen LogP contribution in [-0.4, -0.2) is 45.9 Å². The monoisotopic (exact) mass is 379 g/mol. The van der Waals surface area contributed by atoms with Crippen molar-refractivity contribution in [2.75, 3.05) is 20.3 Å². The van der Waals surface area contributed by atoms with E-state index in [1.54, 1.807) is 0 Å². The van der Waals surface area contributed by atoms with Gasteiger partial charge in [0.15, 0.2) is 0 Å². The number of methoxy groups -OCH3 is 1. The van der Waals surface area contributed by atoms with Crippen molar-refractivity contribution in [2.45, 2.75) is 10.9 Å². The molecule has 1 aliphatic heterocycles. The van der Waals surface area contributed by atoms with E-state index in [2.05, 4.69) is 20.7 Å². The van der Waals surface area contributed by atoms with Gasteiger partial charge < -0.3 is 14.6 Å². The van der Waals surface area contributed by atoms with Crippen LogP contribution in [0, 0.1) is 5.92 Å². The molecule has 0 aromatic heterocycles. The third kappa shape index (κ3) is 3.54. The third-order valence-corrected chi connectivity index (χ3v) is 5.25. The number of carboxylic acid groups (broad SMARTS) is 1. The summed E-state index contributed by atoms with van der Waals surface area (Å²) >= 11 is 3.21. The minimum absolute atomic E-state index is 0.00513. The number of hydrogen-bond acceptors (Lipinski definition) is 5. The average molecular weight is 380 g/mol. The quantitative estimate of drug-likeness (QED) is 0.785. The van der Waals surface area contributed by atoms with Crippen LogP contribution in [0.2, 0.25) is 0 Å². The second-order valence-corrected chi connectivity index (χ2v) is 7.07. The van der Waals surface area contributed by atoms with Crippen molar-refractivity contribution in [1.82, 2.24) is 4.72 Å². The first-order valence-corrected chi connectivity index (χ1v) is 8.29. The molecule has 0 amide bonds. The second kappa shape index (κ2) is 6.30. The standard InChI is InChI=1S/C12H14BrNO6S/c1-19-11-3-2-7(4-9(11)13)21(17,18)14-10-6-20-5-8(10)12(15)16/h2-4,8,10,14H,5-6H2,1H3,(H,15,16). The van der Waals surface area contributed by atoms with E-state index in [0.29, 0.717) is 10.2 Å². The molecule has 2 atom stereocenters. The zero-order valence-electron chi connectivity index (χ0n) is 11.1. The number of carbonyl (C=O) groups is 1. The van der Waals surface area contributed by atoms with Gasteiger partial charge in [0.1, 0.15) is 5.75 Å².